The summed E-state index contributed by atoms with van der Waals surface area (Å²) in [5.41, 5.74) is 5.38. The van der Waals surface area contributed by atoms with Gasteiger partial charge in [-0.1, -0.05) is 15.9 Å². The van der Waals surface area contributed by atoms with E-state index < -0.39 is 11.6 Å². The van der Waals surface area contributed by atoms with Crippen molar-refractivity contribution in [3.63, 3.8) is 0 Å². The van der Waals surface area contributed by atoms with Crippen molar-refractivity contribution in [2.75, 3.05) is 0 Å². The summed E-state index contributed by atoms with van der Waals surface area (Å²) in [5, 5.41) is 7.21. The Morgan fingerprint density at radius 3 is 2.79 bits per heavy atom. The molecule has 8 heteroatoms. The number of nitrogens with one attached hydrogen (secondary N) is 1. The highest BCUT2D eigenvalue weighted by atomic mass is 79.9. The van der Waals surface area contributed by atoms with E-state index in [0.29, 0.717) is 4.47 Å². The molecule has 0 amide bonds. The molecule has 0 saturated heterocycles. The zero-order valence-electron chi connectivity index (χ0n) is 9.32. The highest BCUT2D eigenvalue weighted by Crippen LogP contribution is 2.28. The van der Waals surface area contributed by atoms with Gasteiger partial charge in [-0.2, -0.15) is 9.37 Å². The lowest BCUT2D eigenvalue weighted by atomic mass is 10.3. The number of halogens is 3. The van der Waals surface area contributed by atoms with Gasteiger partial charge in [0.2, 0.25) is 5.82 Å². The molecule has 1 aromatic carbocycles. The molecule has 0 bridgehead atoms. The lowest BCUT2D eigenvalue weighted by molar-refractivity contribution is 0.392. The van der Waals surface area contributed by atoms with Crippen molar-refractivity contribution in [3.05, 3.63) is 46.2 Å². The summed E-state index contributed by atoms with van der Waals surface area (Å²) in [6.45, 7) is 0. The number of nitrogen functional groups attached to an aromatic ring is 1. The number of nitrogens with zero attached hydrogens (tertiary/aromatic N) is 2. The molecule has 0 aliphatic carbocycles. The van der Waals surface area contributed by atoms with E-state index in [1.165, 1.54) is 18.3 Å². The molecule has 0 unspecified atom stereocenters. The predicted octanol–water partition coefficient (Wildman–Crippen LogP) is 2.59. The van der Waals surface area contributed by atoms with E-state index >= 15 is 0 Å². The molecular weight excluding hydrogens is 322 g/mol. The third kappa shape index (κ3) is 3.02. The summed E-state index contributed by atoms with van der Waals surface area (Å²) in [7, 11) is 0. The minimum Gasteiger partial charge on any atom is -0.421 e. The van der Waals surface area contributed by atoms with Crippen LogP contribution in [0.15, 0.2) is 28.9 Å². The Morgan fingerprint density at radius 2 is 2.11 bits per heavy atom. The van der Waals surface area contributed by atoms with E-state index in [1.807, 2.05) is 0 Å². The van der Waals surface area contributed by atoms with E-state index in [9.17, 15) is 8.78 Å². The fourth-order valence-electron chi connectivity index (χ4n) is 1.24. The fourth-order valence-corrected chi connectivity index (χ4v) is 1.65. The Morgan fingerprint density at radius 1 is 1.37 bits per heavy atom. The summed E-state index contributed by atoms with van der Waals surface area (Å²) in [6, 6.07) is 3.37. The second-order valence-corrected chi connectivity index (χ2v) is 4.36. The molecule has 0 spiro atoms. The van der Waals surface area contributed by atoms with Crippen LogP contribution in [0, 0.1) is 17.0 Å². The summed E-state index contributed by atoms with van der Waals surface area (Å²) in [5.74, 6) is -2.87. The van der Waals surface area contributed by atoms with Gasteiger partial charge in [-0.05, 0) is 18.2 Å². The van der Waals surface area contributed by atoms with Crippen LogP contribution in [-0.4, -0.2) is 15.8 Å². The van der Waals surface area contributed by atoms with Crippen LogP contribution >= 0.6 is 15.9 Å². The van der Waals surface area contributed by atoms with Gasteiger partial charge < -0.3 is 10.5 Å². The van der Waals surface area contributed by atoms with Crippen molar-refractivity contribution >= 4 is 21.8 Å². The Hall–Kier alpha value is -2.09. The molecule has 0 radical (unpaired) electrons. The number of rotatable bonds is 3. The van der Waals surface area contributed by atoms with Crippen LogP contribution in [0.5, 0.6) is 11.8 Å². The first kappa shape index (κ1) is 13.3. The average Bonchev–Trinajstić information content (AvgIpc) is 2.35. The number of benzene rings is 1. The average molecular weight is 329 g/mol. The summed E-state index contributed by atoms with van der Waals surface area (Å²) in [6.07, 6.45) is 1.30. The lowest BCUT2D eigenvalue weighted by Gasteiger charge is -2.07. The monoisotopic (exact) mass is 328 g/mol. The van der Waals surface area contributed by atoms with Crippen LogP contribution in [0.3, 0.4) is 0 Å². The van der Waals surface area contributed by atoms with Gasteiger partial charge >= 0.3 is 6.01 Å². The quantitative estimate of drug-likeness (QED) is 0.515. The van der Waals surface area contributed by atoms with Crippen molar-refractivity contribution < 1.29 is 13.5 Å². The van der Waals surface area contributed by atoms with Crippen molar-refractivity contribution in [3.8, 4) is 11.8 Å². The highest BCUT2D eigenvalue weighted by molar-refractivity contribution is 9.10. The van der Waals surface area contributed by atoms with E-state index in [2.05, 4.69) is 25.9 Å². The Kier molecular flexibility index (Phi) is 3.70. The van der Waals surface area contributed by atoms with Crippen molar-refractivity contribution in [2.24, 2.45) is 5.73 Å². The molecular formula is C11H7BrF2N4O. The van der Waals surface area contributed by atoms with Crippen LogP contribution in [0.4, 0.5) is 8.78 Å². The molecule has 1 heterocycles. The maximum atomic E-state index is 13.5. The van der Waals surface area contributed by atoms with E-state index in [0.717, 1.165) is 6.07 Å². The number of ether oxygens (including phenoxy) is 1. The van der Waals surface area contributed by atoms with Crippen molar-refractivity contribution in [2.45, 2.75) is 0 Å². The first-order valence-corrected chi connectivity index (χ1v) is 5.76. The lowest BCUT2D eigenvalue weighted by Crippen LogP contribution is -2.13. The second kappa shape index (κ2) is 5.27. The van der Waals surface area contributed by atoms with E-state index in [4.69, 9.17) is 15.9 Å². The minimum absolute atomic E-state index is 0.126. The largest absolute Gasteiger partial charge is 0.421 e. The van der Waals surface area contributed by atoms with Gasteiger partial charge in [-0.15, -0.1) is 0 Å². The van der Waals surface area contributed by atoms with Crippen LogP contribution in [-0.2, 0) is 0 Å². The highest BCUT2D eigenvalue weighted by Gasteiger charge is 2.13. The normalized spacial score (nSPS) is 10.3. The molecule has 0 aliphatic heterocycles. The molecule has 98 valence electrons. The molecule has 1 aromatic heterocycles. The summed E-state index contributed by atoms with van der Waals surface area (Å²) in [4.78, 5) is 7.51. The van der Waals surface area contributed by atoms with Crippen LogP contribution in [0.1, 0.15) is 5.69 Å². The number of hydrogen-bond donors (Lipinski definition) is 2. The van der Waals surface area contributed by atoms with Gasteiger partial charge in [-0.3, -0.25) is 5.41 Å². The van der Waals surface area contributed by atoms with Gasteiger partial charge in [0.05, 0.1) is 0 Å². The zero-order valence-corrected chi connectivity index (χ0v) is 10.9. The Bertz CT molecular complexity index is 651. The summed E-state index contributed by atoms with van der Waals surface area (Å²) < 4.78 is 32.0. The van der Waals surface area contributed by atoms with Gasteiger partial charge in [0.1, 0.15) is 11.5 Å². The molecule has 0 atom stereocenters. The molecule has 2 aromatic rings. The van der Waals surface area contributed by atoms with E-state index in [-0.39, 0.29) is 23.3 Å². The molecule has 19 heavy (non-hydrogen) atoms. The maximum absolute atomic E-state index is 13.5. The van der Waals surface area contributed by atoms with Gasteiger partial charge in [0.25, 0.3) is 0 Å². The molecule has 0 saturated carbocycles. The van der Waals surface area contributed by atoms with Gasteiger partial charge in [0.15, 0.2) is 11.6 Å². The van der Waals surface area contributed by atoms with Crippen molar-refractivity contribution in [1.82, 2.24) is 9.97 Å². The number of hydrogen-bond acceptors (Lipinski definition) is 4. The smallest absolute Gasteiger partial charge is 0.322 e. The Balaban J connectivity index is 2.36. The second-order valence-electron chi connectivity index (χ2n) is 3.44. The van der Waals surface area contributed by atoms with Gasteiger partial charge in [-0.25, -0.2) is 9.37 Å². The van der Waals surface area contributed by atoms with Crippen molar-refractivity contribution in [1.29, 1.82) is 5.41 Å². The number of nitrogens with two attached hydrogens (primary N) is 1. The zero-order chi connectivity index (χ0) is 14.0. The third-order valence-electron chi connectivity index (χ3n) is 2.07. The van der Waals surface area contributed by atoms with Crippen LogP contribution in [0.25, 0.3) is 0 Å². The standard InChI is InChI=1S/C11H7BrF2N4O/c12-5-3-6(13)9(14)8(4-5)19-11-17-2-1-7(18-11)10(15)16/h1-4H,(H3,15,16). The first-order valence-electron chi connectivity index (χ1n) is 4.97. The minimum atomic E-state index is -1.15. The molecule has 0 fully saturated rings. The topological polar surface area (TPSA) is 84.9 Å². The fraction of sp³-hybridized carbons (Fsp3) is 0. The molecule has 5 nitrogen and oxygen atoms in total. The van der Waals surface area contributed by atoms with E-state index in [1.54, 1.807) is 0 Å². The maximum Gasteiger partial charge on any atom is 0.322 e. The van der Waals surface area contributed by atoms with Crippen LogP contribution in [0.2, 0.25) is 0 Å². The predicted molar refractivity (Wildman–Crippen MR) is 67.2 cm³/mol. The first-order chi connectivity index (χ1) is 8.97. The third-order valence-corrected chi connectivity index (χ3v) is 2.53. The Labute approximate surface area is 115 Å². The molecule has 2 rings (SSSR count). The molecule has 0 aliphatic rings. The summed E-state index contributed by atoms with van der Waals surface area (Å²) >= 11 is 3.02. The van der Waals surface area contributed by atoms with Crippen LogP contribution < -0.4 is 10.5 Å². The number of aromatic nitrogens is 2. The molecule has 3 N–H and O–H groups in total. The SMILES string of the molecule is N=C(N)c1ccnc(Oc2cc(Br)cc(F)c2F)n1. The van der Waals surface area contributed by atoms with Gasteiger partial charge in [0, 0.05) is 10.7 Å². The number of amidine groups is 1.